The van der Waals surface area contributed by atoms with Crippen LogP contribution >= 0.6 is 11.6 Å². The molecule has 1 aromatic rings. The minimum Gasteiger partial charge on any atom is -0.341 e. The molecular formula is C14H20ClN3O. The first-order chi connectivity index (χ1) is 8.77. The van der Waals surface area contributed by atoms with Crippen LogP contribution in [0.25, 0.3) is 0 Å². The Hall–Kier alpha value is -1.16. The number of amides is 1. The number of hydrogen-bond acceptors (Lipinski definition) is 3. The lowest BCUT2D eigenvalue weighted by atomic mass is 9.95. The maximum Gasteiger partial charge on any atom is 0.227 e. The SMILES string of the molecule is Cc1cc(Cl)nc(C2CCN(C(=O)C(C)(C)C)C2)n1. The Morgan fingerprint density at radius 1 is 1.42 bits per heavy atom. The highest BCUT2D eigenvalue weighted by atomic mass is 35.5. The molecule has 1 atom stereocenters. The Morgan fingerprint density at radius 2 is 2.11 bits per heavy atom. The van der Waals surface area contributed by atoms with Crippen molar-refractivity contribution in [2.75, 3.05) is 13.1 Å². The average Bonchev–Trinajstić information content (AvgIpc) is 2.74. The zero-order valence-electron chi connectivity index (χ0n) is 11.9. The largest absolute Gasteiger partial charge is 0.341 e. The molecular weight excluding hydrogens is 262 g/mol. The van der Waals surface area contributed by atoms with Gasteiger partial charge in [0.2, 0.25) is 5.91 Å². The summed E-state index contributed by atoms with van der Waals surface area (Å²) in [6.07, 6.45) is 0.904. The van der Waals surface area contributed by atoms with Gasteiger partial charge in [-0.05, 0) is 19.4 Å². The molecule has 0 N–H and O–H groups in total. The molecule has 1 aliphatic heterocycles. The van der Waals surface area contributed by atoms with Gasteiger partial charge < -0.3 is 4.90 Å². The molecule has 0 bridgehead atoms. The highest BCUT2D eigenvalue weighted by Gasteiger charge is 2.34. The summed E-state index contributed by atoms with van der Waals surface area (Å²) in [5.74, 6) is 1.15. The highest BCUT2D eigenvalue weighted by molar-refractivity contribution is 6.29. The van der Waals surface area contributed by atoms with Crippen molar-refractivity contribution >= 4 is 17.5 Å². The summed E-state index contributed by atoms with van der Waals surface area (Å²) in [4.78, 5) is 22.9. The summed E-state index contributed by atoms with van der Waals surface area (Å²) in [7, 11) is 0. The maximum absolute atomic E-state index is 12.2. The monoisotopic (exact) mass is 281 g/mol. The number of carbonyl (C=O) groups excluding carboxylic acids is 1. The molecule has 1 aromatic heterocycles. The van der Waals surface area contributed by atoms with E-state index >= 15 is 0 Å². The predicted molar refractivity (Wildman–Crippen MR) is 75.2 cm³/mol. The molecule has 0 aromatic carbocycles. The number of likely N-dealkylation sites (tertiary alicyclic amines) is 1. The topological polar surface area (TPSA) is 46.1 Å². The first-order valence-corrected chi connectivity index (χ1v) is 6.95. The van der Waals surface area contributed by atoms with E-state index in [1.807, 2.05) is 32.6 Å². The van der Waals surface area contributed by atoms with Crippen molar-refractivity contribution in [3.05, 3.63) is 22.7 Å². The van der Waals surface area contributed by atoms with E-state index in [2.05, 4.69) is 9.97 Å². The molecule has 0 saturated carbocycles. The molecule has 0 aliphatic carbocycles. The second kappa shape index (κ2) is 5.08. The molecule has 2 heterocycles. The van der Waals surface area contributed by atoms with E-state index in [9.17, 15) is 4.79 Å². The average molecular weight is 282 g/mol. The van der Waals surface area contributed by atoms with Crippen LogP contribution < -0.4 is 0 Å². The molecule has 0 radical (unpaired) electrons. The highest BCUT2D eigenvalue weighted by Crippen LogP contribution is 2.29. The fourth-order valence-corrected chi connectivity index (χ4v) is 2.61. The van der Waals surface area contributed by atoms with E-state index in [4.69, 9.17) is 11.6 Å². The van der Waals surface area contributed by atoms with Gasteiger partial charge in [0.25, 0.3) is 0 Å². The van der Waals surface area contributed by atoms with Gasteiger partial charge in [0.15, 0.2) is 0 Å². The normalized spacial score (nSPS) is 19.8. The molecule has 5 heteroatoms. The van der Waals surface area contributed by atoms with E-state index in [1.165, 1.54) is 0 Å². The smallest absolute Gasteiger partial charge is 0.227 e. The second-order valence-corrected chi connectivity index (χ2v) is 6.56. The van der Waals surface area contributed by atoms with Gasteiger partial charge in [0, 0.05) is 30.1 Å². The van der Waals surface area contributed by atoms with Crippen molar-refractivity contribution < 1.29 is 4.79 Å². The molecule has 1 aliphatic rings. The van der Waals surface area contributed by atoms with Crippen LogP contribution in [0.15, 0.2) is 6.07 Å². The molecule has 1 unspecified atom stereocenters. The number of aromatic nitrogens is 2. The van der Waals surface area contributed by atoms with Crippen molar-refractivity contribution in [2.45, 2.75) is 40.0 Å². The summed E-state index contributed by atoms with van der Waals surface area (Å²) >= 11 is 5.97. The van der Waals surface area contributed by atoms with Gasteiger partial charge in [-0.2, -0.15) is 0 Å². The Balaban J connectivity index is 2.12. The summed E-state index contributed by atoms with van der Waals surface area (Å²) < 4.78 is 0. The lowest BCUT2D eigenvalue weighted by Gasteiger charge is -2.25. The van der Waals surface area contributed by atoms with E-state index in [-0.39, 0.29) is 17.2 Å². The van der Waals surface area contributed by atoms with Gasteiger partial charge in [0.05, 0.1) is 0 Å². The van der Waals surface area contributed by atoms with Gasteiger partial charge in [0.1, 0.15) is 11.0 Å². The van der Waals surface area contributed by atoms with Crippen LogP contribution in [-0.4, -0.2) is 33.9 Å². The lowest BCUT2D eigenvalue weighted by molar-refractivity contribution is -0.138. The zero-order valence-corrected chi connectivity index (χ0v) is 12.7. The van der Waals surface area contributed by atoms with Gasteiger partial charge in [-0.15, -0.1) is 0 Å². The van der Waals surface area contributed by atoms with Crippen LogP contribution in [0.4, 0.5) is 0 Å². The predicted octanol–water partition coefficient (Wildman–Crippen LogP) is 2.80. The minimum absolute atomic E-state index is 0.189. The van der Waals surface area contributed by atoms with Crippen LogP contribution in [0.3, 0.4) is 0 Å². The second-order valence-electron chi connectivity index (χ2n) is 6.18. The third kappa shape index (κ3) is 3.24. The van der Waals surface area contributed by atoms with Crippen molar-refractivity contribution in [3.63, 3.8) is 0 Å². The molecule has 0 spiro atoms. The van der Waals surface area contributed by atoms with Crippen LogP contribution in [0.5, 0.6) is 0 Å². The first-order valence-electron chi connectivity index (χ1n) is 6.58. The molecule has 19 heavy (non-hydrogen) atoms. The Labute approximate surface area is 119 Å². The summed E-state index contributed by atoms with van der Waals surface area (Å²) in [6.45, 7) is 9.21. The molecule has 4 nitrogen and oxygen atoms in total. The molecule has 1 saturated heterocycles. The van der Waals surface area contributed by atoms with E-state index in [1.54, 1.807) is 6.07 Å². The standard InChI is InChI=1S/C14H20ClN3O/c1-9-7-11(15)17-12(16-9)10-5-6-18(8-10)13(19)14(2,3)4/h7,10H,5-6,8H2,1-4H3. The minimum atomic E-state index is -0.333. The van der Waals surface area contributed by atoms with Crippen LogP contribution in [-0.2, 0) is 4.79 Å². The molecule has 1 amide bonds. The Kier molecular flexibility index (Phi) is 3.81. The van der Waals surface area contributed by atoms with E-state index in [0.717, 1.165) is 24.5 Å². The van der Waals surface area contributed by atoms with E-state index < -0.39 is 0 Å². The number of carbonyl (C=O) groups is 1. The van der Waals surface area contributed by atoms with Crippen molar-refractivity contribution in [1.82, 2.24) is 14.9 Å². The summed E-state index contributed by atoms with van der Waals surface area (Å²) in [6, 6.07) is 1.75. The fraction of sp³-hybridized carbons (Fsp3) is 0.643. The molecule has 104 valence electrons. The summed E-state index contributed by atoms with van der Waals surface area (Å²) in [5.41, 5.74) is 0.538. The third-order valence-electron chi connectivity index (χ3n) is 3.32. The Morgan fingerprint density at radius 3 is 2.68 bits per heavy atom. The Bertz CT molecular complexity index is 476. The quantitative estimate of drug-likeness (QED) is 0.744. The number of halogens is 1. The molecule has 1 fully saturated rings. The zero-order chi connectivity index (χ0) is 14.2. The molecule has 2 rings (SSSR count). The van der Waals surface area contributed by atoms with Crippen LogP contribution in [0.2, 0.25) is 5.15 Å². The van der Waals surface area contributed by atoms with Gasteiger partial charge in [-0.25, -0.2) is 9.97 Å². The van der Waals surface area contributed by atoms with Crippen LogP contribution in [0.1, 0.15) is 44.6 Å². The van der Waals surface area contributed by atoms with Gasteiger partial charge in [-0.3, -0.25) is 4.79 Å². The third-order valence-corrected chi connectivity index (χ3v) is 3.52. The first kappa shape index (κ1) is 14.3. The van der Waals surface area contributed by atoms with Crippen molar-refractivity contribution in [2.24, 2.45) is 5.41 Å². The van der Waals surface area contributed by atoms with Gasteiger partial charge in [-0.1, -0.05) is 32.4 Å². The maximum atomic E-state index is 12.2. The van der Waals surface area contributed by atoms with Gasteiger partial charge >= 0.3 is 0 Å². The number of rotatable bonds is 1. The number of aryl methyl sites for hydroxylation is 1. The van der Waals surface area contributed by atoms with E-state index in [0.29, 0.717) is 11.7 Å². The number of nitrogens with zero attached hydrogens (tertiary/aromatic N) is 3. The summed E-state index contributed by atoms with van der Waals surface area (Å²) in [5, 5.41) is 0.475. The van der Waals surface area contributed by atoms with Crippen molar-refractivity contribution in [1.29, 1.82) is 0 Å². The van der Waals surface area contributed by atoms with Crippen LogP contribution in [0, 0.1) is 12.3 Å². The fourth-order valence-electron chi connectivity index (χ4n) is 2.36. The number of hydrogen-bond donors (Lipinski definition) is 0. The lowest BCUT2D eigenvalue weighted by Crippen LogP contribution is -2.37. The van der Waals surface area contributed by atoms with Crippen molar-refractivity contribution in [3.8, 4) is 0 Å².